The van der Waals surface area contributed by atoms with Crippen LogP contribution < -0.4 is 5.32 Å². The Balaban J connectivity index is 1.40. The van der Waals surface area contributed by atoms with Crippen LogP contribution in [0.25, 0.3) is 0 Å². The molecular weight excluding hydrogens is 851 g/mol. The number of aliphatic hydroxyl groups excluding tert-OH is 2. The van der Waals surface area contributed by atoms with E-state index in [1.165, 1.54) is 26.0 Å². The Bertz CT molecular complexity index is 2470. The Morgan fingerprint density at radius 1 is 0.909 bits per heavy atom. The maximum absolute atomic E-state index is 15.6. The Labute approximate surface area is 382 Å². The second-order valence-electron chi connectivity index (χ2n) is 18.2. The lowest BCUT2D eigenvalue weighted by Crippen LogP contribution is -2.82. The van der Waals surface area contributed by atoms with Crippen LogP contribution in [-0.4, -0.2) is 105 Å². The normalized spacial score (nSPS) is 30.5. The highest BCUT2D eigenvalue weighted by Crippen LogP contribution is 2.64. The number of hydrogen-bond donors (Lipinski definition) is 4. The van der Waals surface area contributed by atoms with Gasteiger partial charge in [-0.15, -0.1) is 6.58 Å². The number of allylic oxidation sites excluding steroid dienone is 1. The molecule has 66 heavy (non-hydrogen) atoms. The molecule has 15 nitrogen and oxygen atoms in total. The van der Waals surface area contributed by atoms with Crippen molar-refractivity contribution in [2.24, 2.45) is 16.7 Å². The van der Waals surface area contributed by atoms with E-state index >= 15 is 4.79 Å². The number of hydrogen-bond acceptors (Lipinski definition) is 14. The monoisotopic (exact) mass is 905 g/mol. The summed E-state index contributed by atoms with van der Waals surface area (Å²) in [4.78, 5) is 84.6. The molecule has 1 heterocycles. The van der Waals surface area contributed by atoms with Gasteiger partial charge in [0.05, 0.1) is 35.6 Å². The molecule has 4 N–H and O–H groups in total. The van der Waals surface area contributed by atoms with Gasteiger partial charge in [-0.3, -0.25) is 14.4 Å². The number of amides is 1. The van der Waals surface area contributed by atoms with E-state index in [1.54, 1.807) is 92.7 Å². The smallest absolute Gasteiger partial charge is 0.338 e. The highest BCUT2D eigenvalue weighted by molar-refractivity contribution is 5.96. The van der Waals surface area contributed by atoms with Crippen LogP contribution in [0.1, 0.15) is 85.3 Å². The maximum Gasteiger partial charge on any atom is 0.338 e. The summed E-state index contributed by atoms with van der Waals surface area (Å²) in [5.41, 5.74) is -6.63. The Morgan fingerprint density at radius 3 is 2.12 bits per heavy atom. The predicted molar refractivity (Wildman–Crippen MR) is 236 cm³/mol. The highest BCUT2D eigenvalue weighted by Gasteiger charge is 2.78. The summed E-state index contributed by atoms with van der Waals surface area (Å²) in [5, 5.41) is 40.8. The van der Waals surface area contributed by atoms with Crippen molar-refractivity contribution < 1.29 is 67.8 Å². The minimum absolute atomic E-state index is 0.0225. The Morgan fingerprint density at radius 2 is 1.53 bits per heavy atom. The molecule has 3 aliphatic carbocycles. The van der Waals surface area contributed by atoms with E-state index in [0.29, 0.717) is 17.5 Å². The summed E-state index contributed by atoms with van der Waals surface area (Å²) < 4.78 is 30.5. The lowest BCUT2D eigenvalue weighted by molar-refractivity contribution is -0.345. The summed E-state index contributed by atoms with van der Waals surface area (Å²) in [5.74, 6) is -7.15. The van der Waals surface area contributed by atoms with Crippen LogP contribution in [0.5, 0.6) is 0 Å². The minimum Gasteiger partial charge on any atom is -0.456 e. The fourth-order valence-electron chi connectivity index (χ4n) is 10.6. The number of ketones is 1. The third-order valence-electron chi connectivity index (χ3n) is 14.2. The summed E-state index contributed by atoms with van der Waals surface area (Å²) in [7, 11) is 0. The molecule has 2 saturated carbocycles. The van der Waals surface area contributed by atoms with Crippen LogP contribution in [0.4, 0.5) is 0 Å². The number of ether oxygens (including phenoxy) is 5. The van der Waals surface area contributed by atoms with E-state index < -0.39 is 113 Å². The van der Waals surface area contributed by atoms with Crippen molar-refractivity contribution in [3.8, 4) is 0 Å². The first kappa shape index (κ1) is 47.7. The van der Waals surface area contributed by atoms with E-state index in [2.05, 4.69) is 18.5 Å². The van der Waals surface area contributed by atoms with Gasteiger partial charge in [-0.05, 0) is 66.8 Å². The molecule has 4 aliphatic rings. The summed E-state index contributed by atoms with van der Waals surface area (Å²) in [6.45, 7) is 14.1. The van der Waals surface area contributed by atoms with Crippen LogP contribution in [0.2, 0.25) is 0 Å². The van der Waals surface area contributed by atoms with Gasteiger partial charge in [-0.2, -0.15) is 0 Å². The van der Waals surface area contributed by atoms with Gasteiger partial charge in [-0.25, -0.2) is 14.4 Å². The van der Waals surface area contributed by atoms with Crippen molar-refractivity contribution in [2.75, 3.05) is 6.61 Å². The van der Waals surface area contributed by atoms with Crippen molar-refractivity contribution >= 4 is 35.6 Å². The van der Waals surface area contributed by atoms with Gasteiger partial charge >= 0.3 is 23.9 Å². The largest absolute Gasteiger partial charge is 0.456 e. The van der Waals surface area contributed by atoms with E-state index in [4.69, 9.17) is 23.7 Å². The lowest BCUT2D eigenvalue weighted by atomic mass is 9.44. The van der Waals surface area contributed by atoms with Gasteiger partial charge in [0.2, 0.25) is 0 Å². The van der Waals surface area contributed by atoms with Crippen LogP contribution in [0.15, 0.2) is 121 Å². The number of carbonyl (C=O) groups is 6. The number of Topliss-reactive ketones (excluding diaryl/α,β-unsaturated/α-hetero) is 1. The zero-order valence-electron chi connectivity index (χ0n) is 37.4. The fourth-order valence-corrected chi connectivity index (χ4v) is 10.6. The molecule has 0 spiro atoms. The molecule has 2 bridgehead atoms. The molecule has 1 amide bonds. The first-order valence-corrected chi connectivity index (χ1v) is 21.8. The van der Waals surface area contributed by atoms with Crippen LogP contribution in [-0.2, 0) is 49.3 Å². The summed E-state index contributed by atoms with van der Waals surface area (Å²) >= 11 is 0. The second kappa shape index (κ2) is 18.2. The molecule has 3 fully saturated rings. The zero-order chi connectivity index (χ0) is 47.9. The van der Waals surface area contributed by atoms with Crippen LogP contribution in [0, 0.1) is 16.7 Å². The average Bonchev–Trinajstić information content (AvgIpc) is 3.29. The molecule has 15 heteroatoms. The lowest BCUT2D eigenvalue weighted by Gasteiger charge is -2.67. The van der Waals surface area contributed by atoms with Crippen molar-refractivity contribution in [1.29, 1.82) is 0 Å². The van der Waals surface area contributed by atoms with Gasteiger partial charge in [0.15, 0.2) is 23.6 Å². The molecule has 1 aliphatic heterocycles. The van der Waals surface area contributed by atoms with E-state index in [0.717, 1.165) is 13.0 Å². The number of carbonyl (C=O) groups excluding carboxylic acids is 6. The third-order valence-corrected chi connectivity index (χ3v) is 14.2. The maximum atomic E-state index is 15.6. The van der Waals surface area contributed by atoms with Crippen LogP contribution in [0.3, 0.4) is 0 Å². The molecule has 0 radical (unpaired) electrons. The molecule has 3 aromatic rings. The van der Waals surface area contributed by atoms with Crippen molar-refractivity contribution in [3.63, 3.8) is 0 Å². The van der Waals surface area contributed by atoms with Crippen molar-refractivity contribution in [2.45, 2.75) is 108 Å². The van der Waals surface area contributed by atoms with E-state index in [-0.39, 0.29) is 35.3 Å². The number of nitrogens with one attached hydrogen (secondary N) is 1. The van der Waals surface area contributed by atoms with Crippen molar-refractivity contribution in [1.82, 2.24) is 5.32 Å². The van der Waals surface area contributed by atoms with E-state index in [1.807, 2.05) is 0 Å². The first-order valence-electron chi connectivity index (χ1n) is 21.8. The van der Waals surface area contributed by atoms with Crippen LogP contribution >= 0.6 is 0 Å². The second-order valence-corrected chi connectivity index (χ2v) is 18.2. The topological polar surface area (TPSA) is 221 Å². The van der Waals surface area contributed by atoms with Gasteiger partial charge in [0, 0.05) is 36.8 Å². The highest BCUT2D eigenvalue weighted by atomic mass is 16.6. The van der Waals surface area contributed by atoms with Crippen molar-refractivity contribution in [3.05, 3.63) is 144 Å². The van der Waals surface area contributed by atoms with Gasteiger partial charge in [0.1, 0.15) is 23.9 Å². The SMILES string of the molecule is C=CCc1ccccc1[C@H](NC(=O)c1ccccc1)[C@@H](O)C(=O)O[C@H]1C[C@@]2(O)[C@@H](OC(=O)c3ccccc3)[C@@H]3[C@]4(OC(=O)C=C)CO[C@@H]4C[C@H](O)[C@@]3(C)C(=O)[C@H](OC(C)=O)C(=C1C)C2(C)C. The standard InChI is InChI=1S/C51H55NO14/c1-8-18-30-19-16-17-24-33(30)39(52-45(58)31-20-12-10-13-21-31)40(56)47(60)64-34-26-51(61)44(65-46(59)32-22-14-11-15-23-32)42-49(7,35(54)25-36-50(42,27-62-36)66-37(55)9-2)43(57)41(63-29(4)53)38(28(34)3)48(51,5)6/h8-17,19-24,34-36,39-42,44,54,56,61H,1-2,18,25-27H2,3-7H3,(H,52,58)/t34-,35-,36+,39-,40+,41+,42-,44-,49+,50-,51+/m0/s1. The number of fused-ring (bicyclic) bond motifs is 5. The van der Waals surface area contributed by atoms with E-state index in [9.17, 15) is 39.3 Å². The number of esters is 4. The first-order chi connectivity index (χ1) is 31.3. The van der Waals surface area contributed by atoms with Gasteiger partial charge in [0.25, 0.3) is 5.91 Å². The van der Waals surface area contributed by atoms with Gasteiger partial charge in [-0.1, -0.05) is 87.2 Å². The predicted octanol–water partition coefficient (Wildman–Crippen LogP) is 4.63. The minimum atomic E-state index is -2.44. The molecule has 0 unspecified atom stereocenters. The quantitative estimate of drug-likeness (QED) is 0.0796. The average molecular weight is 906 g/mol. The molecule has 0 aromatic heterocycles. The Hall–Kier alpha value is -6.26. The zero-order valence-corrected chi connectivity index (χ0v) is 37.4. The molecule has 1 saturated heterocycles. The summed E-state index contributed by atoms with van der Waals surface area (Å²) in [6, 6.07) is 21.4. The number of rotatable bonds is 13. The number of aliphatic hydroxyl groups is 3. The molecule has 11 atom stereocenters. The molecule has 348 valence electrons. The van der Waals surface area contributed by atoms with Gasteiger partial charge < -0.3 is 44.3 Å². The fraction of sp³-hybridized carbons (Fsp3) is 0.412. The Kier molecular flexibility index (Phi) is 13.1. The molecular formula is C51H55NO14. The third kappa shape index (κ3) is 7.97. The number of benzene rings is 3. The molecule has 7 rings (SSSR count). The molecule has 3 aromatic carbocycles. The summed E-state index contributed by atoms with van der Waals surface area (Å²) in [6.07, 6.45) is -7.99.